The predicted octanol–water partition coefficient (Wildman–Crippen LogP) is 0.377. The minimum atomic E-state index is -0.404. The highest BCUT2D eigenvalue weighted by Crippen LogP contribution is 2.10. The lowest BCUT2D eigenvalue weighted by Gasteiger charge is -2.04. The van der Waals surface area contributed by atoms with E-state index in [4.69, 9.17) is 10.5 Å². The van der Waals surface area contributed by atoms with Gasteiger partial charge in [0.25, 0.3) is 0 Å². The van der Waals surface area contributed by atoms with Gasteiger partial charge in [0, 0.05) is 6.07 Å². The minimum Gasteiger partial charge on any atom is -0.478 e. The number of pyridine rings is 1. The molecule has 0 saturated heterocycles. The maximum Gasteiger partial charge on any atom is 0.236 e. The summed E-state index contributed by atoms with van der Waals surface area (Å²) in [6, 6.07) is 3.51. The summed E-state index contributed by atoms with van der Waals surface area (Å²) in [4.78, 5) is 14.5. The largest absolute Gasteiger partial charge is 0.478 e. The fraction of sp³-hybridized carbons (Fsp3) is 0.333. The van der Waals surface area contributed by atoms with Gasteiger partial charge in [-0.3, -0.25) is 4.79 Å². The molecular formula is C9H13N3O2. The van der Waals surface area contributed by atoms with Gasteiger partial charge in [-0.2, -0.15) is 0 Å². The second kappa shape index (κ2) is 5.06. The Hall–Kier alpha value is -1.78. The molecule has 76 valence electrons. The highest BCUT2D eigenvalue weighted by molar-refractivity contribution is 5.78. The summed E-state index contributed by atoms with van der Waals surface area (Å²) < 4.78 is 5.16. The zero-order chi connectivity index (χ0) is 10.4. The molecule has 0 bridgehead atoms. The average molecular weight is 195 g/mol. The lowest BCUT2D eigenvalue weighted by Crippen LogP contribution is -2.21. The molecule has 0 aliphatic heterocycles. The van der Waals surface area contributed by atoms with Crippen molar-refractivity contribution in [1.82, 2.24) is 4.98 Å². The molecule has 0 aliphatic rings. The topological polar surface area (TPSA) is 77.2 Å². The van der Waals surface area contributed by atoms with E-state index < -0.39 is 5.91 Å². The van der Waals surface area contributed by atoms with Crippen LogP contribution in [0.2, 0.25) is 0 Å². The molecule has 1 rings (SSSR count). The van der Waals surface area contributed by atoms with E-state index in [2.05, 4.69) is 10.3 Å². The molecule has 0 spiro atoms. The monoisotopic (exact) mass is 195 g/mol. The smallest absolute Gasteiger partial charge is 0.236 e. The van der Waals surface area contributed by atoms with Crippen LogP contribution < -0.4 is 15.8 Å². The number of carbonyl (C=O) groups excluding carboxylic acids is 1. The molecule has 0 unspecified atom stereocenters. The summed E-state index contributed by atoms with van der Waals surface area (Å²) in [5, 5.41) is 2.82. The van der Waals surface area contributed by atoms with Crippen molar-refractivity contribution in [3.8, 4) is 5.88 Å². The predicted molar refractivity (Wildman–Crippen MR) is 53.1 cm³/mol. The van der Waals surface area contributed by atoms with E-state index in [-0.39, 0.29) is 6.54 Å². The standard InChI is InChI=1S/C9H13N3O2/c1-2-14-9-4-3-7(5-12-9)11-6-8(10)13/h3-5,11H,2,6H2,1H3,(H2,10,13). The Morgan fingerprint density at radius 2 is 2.43 bits per heavy atom. The molecule has 0 atom stereocenters. The van der Waals surface area contributed by atoms with Gasteiger partial charge in [0.05, 0.1) is 25.0 Å². The summed E-state index contributed by atoms with van der Waals surface area (Å²) in [6.07, 6.45) is 1.59. The fourth-order valence-electron chi connectivity index (χ4n) is 0.907. The Labute approximate surface area is 82.3 Å². The molecule has 1 heterocycles. The van der Waals surface area contributed by atoms with Gasteiger partial charge < -0.3 is 15.8 Å². The van der Waals surface area contributed by atoms with Crippen LogP contribution in [0.25, 0.3) is 0 Å². The van der Waals surface area contributed by atoms with Gasteiger partial charge in [-0.05, 0) is 13.0 Å². The van der Waals surface area contributed by atoms with Crippen molar-refractivity contribution in [2.75, 3.05) is 18.5 Å². The van der Waals surface area contributed by atoms with E-state index in [1.54, 1.807) is 18.3 Å². The van der Waals surface area contributed by atoms with E-state index in [0.717, 1.165) is 5.69 Å². The Kier molecular flexibility index (Phi) is 3.72. The lowest BCUT2D eigenvalue weighted by molar-refractivity contribution is -0.116. The molecule has 0 aromatic carbocycles. The van der Waals surface area contributed by atoms with E-state index in [0.29, 0.717) is 12.5 Å². The molecule has 0 aliphatic carbocycles. The molecule has 0 saturated carbocycles. The van der Waals surface area contributed by atoms with Crippen molar-refractivity contribution in [3.63, 3.8) is 0 Å². The molecule has 1 amide bonds. The third-order valence-corrected chi connectivity index (χ3v) is 1.50. The minimum absolute atomic E-state index is 0.107. The summed E-state index contributed by atoms with van der Waals surface area (Å²) >= 11 is 0. The van der Waals surface area contributed by atoms with Crippen molar-refractivity contribution in [1.29, 1.82) is 0 Å². The van der Waals surface area contributed by atoms with Gasteiger partial charge in [0.1, 0.15) is 0 Å². The normalized spacial score (nSPS) is 9.50. The molecule has 14 heavy (non-hydrogen) atoms. The number of rotatable bonds is 5. The number of hydrogen-bond acceptors (Lipinski definition) is 4. The first-order chi connectivity index (χ1) is 6.72. The van der Waals surface area contributed by atoms with Crippen molar-refractivity contribution in [2.45, 2.75) is 6.92 Å². The van der Waals surface area contributed by atoms with E-state index in [1.807, 2.05) is 6.92 Å². The first-order valence-electron chi connectivity index (χ1n) is 4.33. The maximum atomic E-state index is 10.5. The summed E-state index contributed by atoms with van der Waals surface area (Å²) in [5.74, 6) is 0.163. The number of aromatic nitrogens is 1. The number of nitrogens with two attached hydrogens (primary N) is 1. The second-order valence-corrected chi connectivity index (χ2v) is 2.64. The zero-order valence-electron chi connectivity index (χ0n) is 7.99. The van der Waals surface area contributed by atoms with Crippen LogP contribution in [0.5, 0.6) is 5.88 Å². The highest BCUT2D eigenvalue weighted by Gasteiger charge is 1.97. The van der Waals surface area contributed by atoms with Crippen LogP contribution in [0.3, 0.4) is 0 Å². The summed E-state index contributed by atoms with van der Waals surface area (Å²) in [5.41, 5.74) is 5.71. The number of nitrogens with zero attached hydrogens (tertiary/aromatic N) is 1. The molecule has 5 nitrogen and oxygen atoms in total. The van der Waals surface area contributed by atoms with Crippen LogP contribution in [0.1, 0.15) is 6.92 Å². The van der Waals surface area contributed by atoms with Crippen LogP contribution in [0.4, 0.5) is 5.69 Å². The molecular weight excluding hydrogens is 182 g/mol. The van der Waals surface area contributed by atoms with Crippen molar-refractivity contribution in [3.05, 3.63) is 18.3 Å². The van der Waals surface area contributed by atoms with Crippen molar-refractivity contribution >= 4 is 11.6 Å². The molecule has 0 radical (unpaired) electrons. The number of amides is 1. The Balaban J connectivity index is 2.50. The van der Waals surface area contributed by atoms with Gasteiger partial charge in [-0.1, -0.05) is 0 Å². The number of ether oxygens (including phenoxy) is 1. The van der Waals surface area contributed by atoms with E-state index in [9.17, 15) is 4.79 Å². The number of carbonyl (C=O) groups is 1. The molecule has 1 aromatic rings. The van der Waals surface area contributed by atoms with Gasteiger partial charge in [0.15, 0.2) is 0 Å². The molecule has 1 aromatic heterocycles. The zero-order valence-corrected chi connectivity index (χ0v) is 7.99. The van der Waals surface area contributed by atoms with Crippen LogP contribution in [0, 0.1) is 0 Å². The Bertz CT molecular complexity index is 297. The Morgan fingerprint density at radius 1 is 1.64 bits per heavy atom. The van der Waals surface area contributed by atoms with E-state index >= 15 is 0 Å². The summed E-state index contributed by atoms with van der Waals surface area (Å²) in [7, 11) is 0. The van der Waals surface area contributed by atoms with Crippen LogP contribution in [-0.2, 0) is 4.79 Å². The van der Waals surface area contributed by atoms with Crippen LogP contribution in [0.15, 0.2) is 18.3 Å². The van der Waals surface area contributed by atoms with E-state index in [1.165, 1.54) is 0 Å². The van der Waals surface area contributed by atoms with Gasteiger partial charge >= 0.3 is 0 Å². The van der Waals surface area contributed by atoms with Gasteiger partial charge in [-0.15, -0.1) is 0 Å². The van der Waals surface area contributed by atoms with Crippen LogP contribution in [-0.4, -0.2) is 24.0 Å². The van der Waals surface area contributed by atoms with Crippen molar-refractivity contribution < 1.29 is 9.53 Å². The van der Waals surface area contributed by atoms with Gasteiger partial charge in [0.2, 0.25) is 11.8 Å². The molecule has 5 heteroatoms. The number of hydrogen-bond donors (Lipinski definition) is 2. The number of nitrogens with one attached hydrogen (secondary N) is 1. The quantitative estimate of drug-likeness (QED) is 0.712. The van der Waals surface area contributed by atoms with Crippen molar-refractivity contribution in [2.24, 2.45) is 5.73 Å². The summed E-state index contributed by atoms with van der Waals surface area (Å²) in [6.45, 7) is 2.58. The third-order valence-electron chi connectivity index (χ3n) is 1.50. The highest BCUT2D eigenvalue weighted by atomic mass is 16.5. The fourth-order valence-corrected chi connectivity index (χ4v) is 0.907. The number of primary amides is 1. The maximum absolute atomic E-state index is 10.5. The first-order valence-corrected chi connectivity index (χ1v) is 4.33. The molecule has 0 fully saturated rings. The van der Waals surface area contributed by atoms with Gasteiger partial charge in [-0.25, -0.2) is 4.98 Å². The third kappa shape index (κ3) is 3.30. The first kappa shape index (κ1) is 10.3. The second-order valence-electron chi connectivity index (χ2n) is 2.64. The SMILES string of the molecule is CCOc1ccc(NCC(N)=O)cn1. The lowest BCUT2D eigenvalue weighted by atomic mass is 10.4. The average Bonchev–Trinajstić information content (AvgIpc) is 2.17. The molecule has 3 N–H and O–H groups in total. The number of anilines is 1. The Morgan fingerprint density at radius 3 is 2.93 bits per heavy atom. The van der Waals surface area contributed by atoms with Crippen LogP contribution >= 0.6 is 0 Å².